The van der Waals surface area contributed by atoms with Crippen molar-refractivity contribution in [3.8, 4) is 0 Å². The Kier molecular flexibility index (Phi) is 4.59. The van der Waals surface area contributed by atoms with Crippen LogP contribution in [0.5, 0.6) is 0 Å². The van der Waals surface area contributed by atoms with Crippen LogP contribution in [0.3, 0.4) is 0 Å². The molecule has 0 radical (unpaired) electrons. The summed E-state index contributed by atoms with van der Waals surface area (Å²) in [5, 5.41) is 45.5. The molecule has 1 aliphatic heterocycles. The molecule has 0 saturated carbocycles. The Morgan fingerprint density at radius 2 is 1.72 bits per heavy atom. The Hall–Kier alpha value is -1.26. The van der Waals surface area contributed by atoms with Crippen LogP contribution in [0, 0.1) is 0 Å². The number of aliphatic hydroxyl groups is 3. The molecular weight excluding hydrogens is 252 g/mol. The number of hydrogen-bond donors (Lipinski definition) is 5. The summed E-state index contributed by atoms with van der Waals surface area (Å²) in [5.41, 5.74) is 0. The quantitative estimate of drug-likeness (QED) is 0.367. The highest BCUT2D eigenvalue weighted by Crippen LogP contribution is 2.23. The zero-order chi connectivity index (χ0) is 14.0. The van der Waals surface area contributed by atoms with Crippen LogP contribution in [0.2, 0.25) is 0 Å². The topological polar surface area (TPSA) is 154 Å². The fraction of sp³-hybridized carbons (Fsp3) is 0.778. The van der Waals surface area contributed by atoms with Crippen LogP contribution in [0.25, 0.3) is 0 Å². The van der Waals surface area contributed by atoms with Gasteiger partial charge < -0.3 is 35.0 Å². The zero-order valence-corrected chi connectivity index (χ0v) is 9.33. The molecule has 1 rings (SSSR count). The fourth-order valence-corrected chi connectivity index (χ4v) is 1.49. The largest absolute Gasteiger partial charge is 0.479 e. The van der Waals surface area contributed by atoms with Gasteiger partial charge >= 0.3 is 11.9 Å². The minimum absolute atomic E-state index is 1.13. The van der Waals surface area contributed by atoms with Gasteiger partial charge in [0, 0.05) is 0 Å². The SMILES string of the molecule is CC(OC1C(C(=O)O)OC(O)C(O)C1O)C(=O)O. The van der Waals surface area contributed by atoms with Crippen LogP contribution >= 0.6 is 0 Å². The first kappa shape index (κ1) is 14.8. The van der Waals surface area contributed by atoms with Crippen LogP contribution in [-0.2, 0) is 19.1 Å². The highest BCUT2D eigenvalue weighted by Gasteiger charge is 2.48. The monoisotopic (exact) mass is 266 g/mol. The number of ether oxygens (including phenoxy) is 2. The Balaban J connectivity index is 2.87. The standard InChI is InChI=1S/C9H14O9/c1-2(7(12)13)17-5-3(10)4(11)9(16)18-6(5)8(14)15/h2-6,9-11,16H,1H3,(H,12,13)(H,14,15). The van der Waals surface area contributed by atoms with Crippen LogP contribution in [0.4, 0.5) is 0 Å². The third kappa shape index (κ3) is 2.94. The van der Waals surface area contributed by atoms with Gasteiger partial charge in [0.25, 0.3) is 0 Å². The third-order valence-corrected chi connectivity index (χ3v) is 2.52. The molecule has 0 aromatic heterocycles. The van der Waals surface area contributed by atoms with Gasteiger partial charge in [-0.15, -0.1) is 0 Å². The molecule has 5 N–H and O–H groups in total. The van der Waals surface area contributed by atoms with Crippen LogP contribution in [0.1, 0.15) is 6.92 Å². The molecule has 0 spiro atoms. The van der Waals surface area contributed by atoms with Gasteiger partial charge in [-0.3, -0.25) is 0 Å². The maximum atomic E-state index is 10.9. The molecular formula is C9H14O9. The smallest absolute Gasteiger partial charge is 0.335 e. The van der Waals surface area contributed by atoms with E-state index in [1.54, 1.807) is 0 Å². The normalized spacial score (nSPS) is 38.1. The Labute approximate surface area is 101 Å². The fourth-order valence-electron chi connectivity index (χ4n) is 1.49. The van der Waals surface area contributed by atoms with Crippen molar-refractivity contribution in [2.24, 2.45) is 0 Å². The lowest BCUT2D eigenvalue weighted by atomic mass is 9.98. The lowest BCUT2D eigenvalue weighted by Crippen LogP contribution is -2.61. The first-order valence-corrected chi connectivity index (χ1v) is 5.06. The molecule has 9 heteroatoms. The first-order valence-electron chi connectivity index (χ1n) is 5.06. The molecule has 0 aromatic carbocycles. The highest BCUT2D eigenvalue weighted by molar-refractivity contribution is 5.74. The number of aliphatic hydroxyl groups excluding tert-OH is 3. The van der Waals surface area contributed by atoms with Gasteiger partial charge in [0.2, 0.25) is 0 Å². The minimum Gasteiger partial charge on any atom is -0.479 e. The van der Waals surface area contributed by atoms with Gasteiger partial charge in [0.15, 0.2) is 18.5 Å². The van der Waals surface area contributed by atoms with Crippen molar-refractivity contribution < 1.29 is 44.6 Å². The van der Waals surface area contributed by atoms with Crippen molar-refractivity contribution in [2.45, 2.75) is 43.7 Å². The van der Waals surface area contributed by atoms with Crippen LogP contribution < -0.4 is 0 Å². The Bertz CT molecular complexity index is 330. The number of hydrogen-bond acceptors (Lipinski definition) is 7. The molecule has 18 heavy (non-hydrogen) atoms. The summed E-state index contributed by atoms with van der Waals surface area (Å²) in [5.74, 6) is -2.92. The number of carboxylic acids is 2. The second-order valence-corrected chi connectivity index (χ2v) is 3.85. The van der Waals surface area contributed by atoms with Gasteiger partial charge in [-0.25, -0.2) is 9.59 Å². The number of aliphatic carboxylic acids is 2. The minimum atomic E-state index is -1.89. The molecule has 1 fully saturated rings. The second kappa shape index (κ2) is 5.59. The molecule has 104 valence electrons. The number of carboxylic acid groups (broad SMARTS) is 2. The van der Waals surface area contributed by atoms with E-state index < -0.39 is 48.7 Å². The van der Waals surface area contributed by atoms with E-state index in [4.69, 9.17) is 20.1 Å². The molecule has 1 heterocycles. The summed E-state index contributed by atoms with van der Waals surface area (Å²) in [6, 6.07) is 0. The van der Waals surface area contributed by atoms with E-state index in [9.17, 15) is 19.8 Å². The van der Waals surface area contributed by atoms with Crippen LogP contribution in [-0.4, -0.2) is 74.3 Å². The van der Waals surface area contributed by atoms with E-state index in [1.807, 2.05) is 0 Å². The van der Waals surface area contributed by atoms with E-state index in [2.05, 4.69) is 4.74 Å². The Morgan fingerprint density at radius 1 is 1.17 bits per heavy atom. The van der Waals surface area contributed by atoms with Gasteiger partial charge in [0.05, 0.1) is 0 Å². The average Bonchev–Trinajstić information content (AvgIpc) is 2.28. The second-order valence-electron chi connectivity index (χ2n) is 3.85. The summed E-state index contributed by atoms with van der Waals surface area (Å²) in [7, 11) is 0. The highest BCUT2D eigenvalue weighted by atomic mass is 16.7. The molecule has 0 aromatic rings. The maximum absolute atomic E-state index is 10.9. The summed E-state index contributed by atoms with van der Waals surface area (Å²) >= 11 is 0. The van der Waals surface area contributed by atoms with E-state index >= 15 is 0 Å². The first-order chi connectivity index (χ1) is 8.25. The van der Waals surface area contributed by atoms with Crippen molar-refractivity contribution >= 4 is 11.9 Å². The van der Waals surface area contributed by atoms with E-state index in [0.29, 0.717) is 0 Å². The van der Waals surface area contributed by atoms with Gasteiger partial charge in [-0.05, 0) is 6.92 Å². The number of carbonyl (C=O) groups is 2. The summed E-state index contributed by atoms with van der Waals surface area (Å²) in [4.78, 5) is 21.5. The van der Waals surface area contributed by atoms with Crippen molar-refractivity contribution in [2.75, 3.05) is 0 Å². The predicted molar refractivity (Wildman–Crippen MR) is 52.5 cm³/mol. The maximum Gasteiger partial charge on any atom is 0.335 e. The van der Waals surface area contributed by atoms with Crippen molar-refractivity contribution in [1.82, 2.24) is 0 Å². The summed E-state index contributed by atoms with van der Waals surface area (Å²) in [6.07, 6.45) is -10.2. The van der Waals surface area contributed by atoms with Gasteiger partial charge in [-0.2, -0.15) is 0 Å². The van der Waals surface area contributed by atoms with E-state index in [0.717, 1.165) is 6.92 Å². The molecule has 1 saturated heterocycles. The average molecular weight is 266 g/mol. The zero-order valence-electron chi connectivity index (χ0n) is 9.33. The van der Waals surface area contributed by atoms with E-state index in [1.165, 1.54) is 0 Å². The molecule has 0 aliphatic carbocycles. The summed E-state index contributed by atoms with van der Waals surface area (Å²) < 4.78 is 9.38. The molecule has 6 atom stereocenters. The summed E-state index contributed by atoms with van der Waals surface area (Å²) in [6.45, 7) is 1.13. The molecule has 1 aliphatic rings. The van der Waals surface area contributed by atoms with Crippen molar-refractivity contribution in [3.63, 3.8) is 0 Å². The van der Waals surface area contributed by atoms with Gasteiger partial charge in [-0.1, -0.05) is 0 Å². The Morgan fingerprint density at radius 3 is 2.17 bits per heavy atom. The third-order valence-electron chi connectivity index (χ3n) is 2.52. The molecule has 0 amide bonds. The lowest BCUT2D eigenvalue weighted by Gasteiger charge is -2.39. The lowest BCUT2D eigenvalue weighted by molar-refractivity contribution is -0.291. The molecule has 0 bridgehead atoms. The van der Waals surface area contributed by atoms with Gasteiger partial charge in [0.1, 0.15) is 18.3 Å². The van der Waals surface area contributed by atoms with Crippen molar-refractivity contribution in [3.05, 3.63) is 0 Å². The van der Waals surface area contributed by atoms with E-state index in [-0.39, 0.29) is 0 Å². The van der Waals surface area contributed by atoms with Crippen LogP contribution in [0.15, 0.2) is 0 Å². The molecule has 9 nitrogen and oxygen atoms in total. The predicted octanol–water partition coefficient (Wildman–Crippen LogP) is -2.63. The van der Waals surface area contributed by atoms with Crippen molar-refractivity contribution in [1.29, 1.82) is 0 Å². The molecule has 6 unspecified atom stereocenters. The number of rotatable bonds is 4.